The summed E-state index contributed by atoms with van der Waals surface area (Å²) in [4.78, 5) is 16.7. The molecule has 0 fully saturated rings. The van der Waals surface area contributed by atoms with Crippen LogP contribution < -0.4 is 11.0 Å². The van der Waals surface area contributed by atoms with E-state index in [9.17, 15) is 4.79 Å². The smallest absolute Gasteiger partial charge is 0.306 e. The number of benzene rings is 1. The summed E-state index contributed by atoms with van der Waals surface area (Å²) in [7, 11) is 0. The molecule has 19 heavy (non-hydrogen) atoms. The van der Waals surface area contributed by atoms with Crippen LogP contribution in [-0.2, 0) is 0 Å². The Bertz CT molecular complexity index is 649. The number of nitrogens with zero attached hydrogens (tertiary/aromatic N) is 1. The molecule has 1 aromatic carbocycles. The molecule has 0 amide bonds. The van der Waals surface area contributed by atoms with Crippen LogP contribution in [0, 0.1) is 11.3 Å². The second kappa shape index (κ2) is 5.72. The Morgan fingerprint density at radius 3 is 2.79 bits per heavy atom. The van der Waals surface area contributed by atoms with Gasteiger partial charge >= 0.3 is 5.69 Å². The molecular formula is C14H18N4O. The van der Waals surface area contributed by atoms with Crippen LogP contribution in [0.1, 0.15) is 38.3 Å². The van der Waals surface area contributed by atoms with Gasteiger partial charge in [0.25, 0.3) is 0 Å². The molecule has 5 heteroatoms. The topological polar surface area (TPSA) is 84.5 Å². The monoisotopic (exact) mass is 258 g/mol. The minimum Gasteiger partial charge on any atom is -0.306 e. The van der Waals surface area contributed by atoms with Gasteiger partial charge < -0.3 is 15.3 Å². The fourth-order valence-electron chi connectivity index (χ4n) is 2.20. The zero-order chi connectivity index (χ0) is 13.8. The summed E-state index contributed by atoms with van der Waals surface area (Å²) in [6, 6.07) is 8.37. The summed E-state index contributed by atoms with van der Waals surface area (Å²) in [5.74, 6) is 0. The van der Waals surface area contributed by atoms with Crippen LogP contribution in [0.5, 0.6) is 0 Å². The fourth-order valence-corrected chi connectivity index (χ4v) is 2.20. The molecule has 2 atom stereocenters. The molecule has 5 nitrogen and oxygen atoms in total. The first-order valence-electron chi connectivity index (χ1n) is 6.49. The van der Waals surface area contributed by atoms with Crippen molar-refractivity contribution in [1.82, 2.24) is 15.3 Å². The standard InChI is InChI=1S/C14H18N4O/c1-3-11(6-7-15)16-9(2)10-4-5-12-13(8-10)18-14(19)17-12/h4-5,8-9,11,16H,3,6H2,1-2H3,(H2,17,18,19). The number of rotatable bonds is 5. The van der Waals surface area contributed by atoms with Crippen molar-refractivity contribution in [2.75, 3.05) is 0 Å². The third-order valence-corrected chi connectivity index (χ3v) is 3.36. The first-order valence-corrected chi connectivity index (χ1v) is 6.49. The lowest BCUT2D eigenvalue weighted by Crippen LogP contribution is -2.30. The minimum atomic E-state index is -0.191. The number of hydrogen-bond acceptors (Lipinski definition) is 3. The van der Waals surface area contributed by atoms with Gasteiger partial charge in [0.2, 0.25) is 0 Å². The molecule has 3 N–H and O–H groups in total. The quantitative estimate of drug-likeness (QED) is 0.768. The van der Waals surface area contributed by atoms with Crippen LogP contribution in [0.25, 0.3) is 11.0 Å². The van der Waals surface area contributed by atoms with Crippen LogP contribution in [0.2, 0.25) is 0 Å². The van der Waals surface area contributed by atoms with E-state index in [0.29, 0.717) is 6.42 Å². The van der Waals surface area contributed by atoms with Crippen molar-refractivity contribution in [2.24, 2.45) is 0 Å². The number of aromatic amines is 2. The van der Waals surface area contributed by atoms with Crippen LogP contribution >= 0.6 is 0 Å². The summed E-state index contributed by atoms with van der Waals surface area (Å²) < 4.78 is 0. The average molecular weight is 258 g/mol. The average Bonchev–Trinajstić information content (AvgIpc) is 2.76. The highest BCUT2D eigenvalue weighted by Gasteiger charge is 2.12. The molecular weight excluding hydrogens is 240 g/mol. The highest BCUT2D eigenvalue weighted by atomic mass is 16.1. The van der Waals surface area contributed by atoms with Crippen molar-refractivity contribution in [3.05, 3.63) is 34.2 Å². The van der Waals surface area contributed by atoms with Crippen LogP contribution in [0.15, 0.2) is 23.0 Å². The Kier molecular flexibility index (Phi) is 4.03. The second-order valence-corrected chi connectivity index (χ2v) is 4.74. The Hall–Kier alpha value is -2.06. The summed E-state index contributed by atoms with van der Waals surface area (Å²) in [5.41, 5.74) is 2.53. The van der Waals surface area contributed by atoms with E-state index in [2.05, 4.69) is 35.2 Å². The first-order chi connectivity index (χ1) is 9.13. The zero-order valence-corrected chi connectivity index (χ0v) is 11.2. The van der Waals surface area contributed by atoms with E-state index in [-0.39, 0.29) is 17.8 Å². The van der Waals surface area contributed by atoms with Crippen LogP contribution in [0.4, 0.5) is 0 Å². The zero-order valence-electron chi connectivity index (χ0n) is 11.2. The van der Waals surface area contributed by atoms with Gasteiger partial charge in [0.05, 0.1) is 23.5 Å². The van der Waals surface area contributed by atoms with Crippen LogP contribution in [0.3, 0.4) is 0 Å². The predicted octanol–water partition coefficient (Wildman–Crippen LogP) is 2.20. The van der Waals surface area contributed by atoms with Gasteiger partial charge in [-0.2, -0.15) is 5.26 Å². The van der Waals surface area contributed by atoms with Crippen LogP contribution in [-0.4, -0.2) is 16.0 Å². The summed E-state index contributed by atoms with van der Waals surface area (Å²) >= 11 is 0. The molecule has 0 aliphatic heterocycles. The fraction of sp³-hybridized carbons (Fsp3) is 0.429. The van der Waals surface area contributed by atoms with Crippen molar-refractivity contribution in [3.63, 3.8) is 0 Å². The van der Waals surface area contributed by atoms with Gasteiger partial charge in [0, 0.05) is 12.1 Å². The van der Waals surface area contributed by atoms with Crippen molar-refractivity contribution >= 4 is 11.0 Å². The third kappa shape index (κ3) is 3.04. The Morgan fingerprint density at radius 1 is 1.37 bits per heavy atom. The highest BCUT2D eigenvalue weighted by Crippen LogP contribution is 2.18. The highest BCUT2D eigenvalue weighted by molar-refractivity contribution is 5.75. The van der Waals surface area contributed by atoms with E-state index in [1.807, 2.05) is 18.2 Å². The SMILES string of the molecule is CCC(CC#N)NC(C)c1ccc2[nH]c(=O)[nH]c2c1. The molecule has 1 aromatic heterocycles. The molecule has 0 saturated carbocycles. The molecule has 2 unspecified atom stereocenters. The molecule has 0 aliphatic rings. The molecule has 2 rings (SSSR count). The largest absolute Gasteiger partial charge is 0.323 e. The molecule has 0 bridgehead atoms. The number of nitrogens with one attached hydrogen (secondary N) is 3. The Labute approximate surface area is 111 Å². The molecule has 0 radical (unpaired) electrons. The van der Waals surface area contributed by atoms with E-state index < -0.39 is 0 Å². The lowest BCUT2D eigenvalue weighted by atomic mass is 10.0. The summed E-state index contributed by atoms with van der Waals surface area (Å²) in [6.45, 7) is 4.13. The molecule has 0 spiro atoms. The number of aromatic nitrogens is 2. The molecule has 2 aromatic rings. The maximum Gasteiger partial charge on any atom is 0.323 e. The van der Waals surface area contributed by atoms with Crippen molar-refractivity contribution in [2.45, 2.75) is 38.8 Å². The van der Waals surface area contributed by atoms with Crippen molar-refractivity contribution in [1.29, 1.82) is 5.26 Å². The maximum atomic E-state index is 11.2. The number of nitriles is 1. The Morgan fingerprint density at radius 2 is 2.11 bits per heavy atom. The predicted molar refractivity (Wildman–Crippen MR) is 74.8 cm³/mol. The van der Waals surface area contributed by atoms with E-state index in [1.165, 1.54) is 0 Å². The lowest BCUT2D eigenvalue weighted by molar-refractivity contribution is 0.448. The van der Waals surface area contributed by atoms with Gasteiger partial charge in [0.1, 0.15) is 0 Å². The van der Waals surface area contributed by atoms with Gasteiger partial charge in [-0.3, -0.25) is 0 Å². The second-order valence-electron chi connectivity index (χ2n) is 4.74. The van der Waals surface area contributed by atoms with Gasteiger partial charge in [-0.15, -0.1) is 0 Å². The first kappa shape index (κ1) is 13.4. The van der Waals surface area contributed by atoms with E-state index >= 15 is 0 Å². The normalized spacial score (nSPS) is 14.2. The van der Waals surface area contributed by atoms with Crippen molar-refractivity contribution in [3.8, 4) is 6.07 Å². The van der Waals surface area contributed by atoms with Crippen molar-refractivity contribution < 1.29 is 0 Å². The summed E-state index contributed by atoms with van der Waals surface area (Å²) in [6.07, 6.45) is 1.42. The third-order valence-electron chi connectivity index (χ3n) is 3.36. The van der Waals surface area contributed by atoms with Gasteiger partial charge in [-0.25, -0.2) is 4.79 Å². The number of imidazole rings is 1. The molecule has 1 heterocycles. The maximum absolute atomic E-state index is 11.2. The van der Waals surface area contributed by atoms with Gasteiger partial charge in [-0.05, 0) is 31.0 Å². The summed E-state index contributed by atoms with van der Waals surface area (Å²) in [5, 5.41) is 12.2. The molecule has 100 valence electrons. The number of fused-ring (bicyclic) bond motifs is 1. The Balaban J connectivity index is 2.18. The van der Waals surface area contributed by atoms with Gasteiger partial charge in [0.15, 0.2) is 0 Å². The molecule has 0 aliphatic carbocycles. The van der Waals surface area contributed by atoms with E-state index in [0.717, 1.165) is 23.0 Å². The molecule has 0 saturated heterocycles. The lowest BCUT2D eigenvalue weighted by Gasteiger charge is -2.20. The number of H-pyrrole nitrogens is 2. The minimum absolute atomic E-state index is 0.140. The van der Waals surface area contributed by atoms with E-state index in [4.69, 9.17) is 5.26 Å². The number of hydrogen-bond donors (Lipinski definition) is 3. The van der Waals surface area contributed by atoms with Gasteiger partial charge in [-0.1, -0.05) is 13.0 Å². The van der Waals surface area contributed by atoms with E-state index in [1.54, 1.807) is 0 Å².